The lowest BCUT2D eigenvalue weighted by Gasteiger charge is -2.20. The molecule has 1 aromatic heterocycles. The number of aromatic nitrogens is 1. The number of aryl methyl sites for hydroxylation is 2. The van der Waals surface area contributed by atoms with Crippen molar-refractivity contribution < 1.29 is 4.79 Å². The first-order chi connectivity index (χ1) is 13.3. The normalized spacial score (nSPS) is 17.9. The molecule has 2 aliphatic rings. The largest absolute Gasteiger partial charge is 0.318 e. The fraction of sp³-hybridized carbons (Fsp3) is 0.200. The fourth-order valence-corrected chi connectivity index (χ4v) is 4.20. The van der Waals surface area contributed by atoms with Crippen LogP contribution in [0.5, 0.6) is 0 Å². The Balaban J connectivity index is 1.78. The van der Waals surface area contributed by atoms with Gasteiger partial charge in [0.2, 0.25) is 5.17 Å². The van der Waals surface area contributed by atoms with Crippen molar-refractivity contribution in [3.63, 3.8) is 0 Å². The lowest BCUT2D eigenvalue weighted by molar-refractivity contribution is -0.114. The Hall–Kier alpha value is -2.64. The molecule has 0 aliphatic carbocycles. The molecule has 1 aromatic carbocycles. The van der Waals surface area contributed by atoms with E-state index in [2.05, 4.69) is 14.7 Å². The van der Waals surface area contributed by atoms with Crippen molar-refractivity contribution in [3.05, 3.63) is 57.4 Å². The van der Waals surface area contributed by atoms with Crippen LogP contribution in [-0.2, 0) is 4.79 Å². The zero-order valence-corrected chi connectivity index (χ0v) is 17.4. The molecule has 1 amide bonds. The number of hydrogen-bond donors (Lipinski definition) is 1. The van der Waals surface area contributed by atoms with Crippen LogP contribution >= 0.6 is 23.4 Å². The highest BCUT2D eigenvalue weighted by atomic mass is 35.5. The topological polar surface area (TPSA) is 73.8 Å². The Morgan fingerprint density at radius 1 is 1.18 bits per heavy atom. The zero-order valence-electron chi connectivity index (χ0n) is 15.9. The lowest BCUT2D eigenvalue weighted by Crippen LogP contribution is -2.35. The lowest BCUT2D eigenvalue weighted by atomic mass is 10.1. The van der Waals surface area contributed by atoms with Gasteiger partial charge < -0.3 is 4.57 Å². The van der Waals surface area contributed by atoms with Gasteiger partial charge in [0.05, 0.1) is 10.6 Å². The van der Waals surface area contributed by atoms with Gasteiger partial charge in [-0.15, -0.1) is 0 Å². The summed E-state index contributed by atoms with van der Waals surface area (Å²) in [6.45, 7) is 7.77. The minimum absolute atomic E-state index is 0.0440. The van der Waals surface area contributed by atoms with E-state index in [1.165, 1.54) is 16.8 Å². The van der Waals surface area contributed by atoms with Crippen LogP contribution in [0.15, 0.2) is 39.9 Å². The van der Waals surface area contributed by atoms with E-state index in [9.17, 15) is 4.79 Å². The number of fused-ring (bicyclic) bond motifs is 1. The summed E-state index contributed by atoms with van der Waals surface area (Å²) in [5.41, 5.74) is 5.02. The summed E-state index contributed by atoms with van der Waals surface area (Å²) in [6, 6.07) is 7.92. The molecule has 0 fully saturated rings. The Morgan fingerprint density at radius 3 is 2.64 bits per heavy atom. The molecule has 0 unspecified atom stereocenters. The summed E-state index contributed by atoms with van der Waals surface area (Å²) in [7, 11) is 0. The van der Waals surface area contributed by atoms with E-state index >= 15 is 0 Å². The second-order valence-electron chi connectivity index (χ2n) is 6.73. The molecule has 142 valence electrons. The van der Waals surface area contributed by atoms with Crippen LogP contribution in [-0.4, -0.2) is 31.5 Å². The van der Waals surface area contributed by atoms with Crippen LogP contribution in [0.4, 0.5) is 0 Å². The number of amides is 1. The summed E-state index contributed by atoms with van der Waals surface area (Å²) in [5.74, 6) is -0.376. The zero-order chi connectivity index (χ0) is 20.2. The number of amidine groups is 2. The number of hydrazone groups is 1. The molecule has 3 heterocycles. The third-order valence-electron chi connectivity index (χ3n) is 4.74. The molecule has 8 heteroatoms. The van der Waals surface area contributed by atoms with Gasteiger partial charge in [-0.25, -0.2) is 0 Å². The van der Waals surface area contributed by atoms with Gasteiger partial charge in [-0.3, -0.25) is 10.2 Å². The molecule has 0 spiro atoms. The molecule has 0 bridgehead atoms. The monoisotopic (exact) mass is 411 g/mol. The number of rotatable bonds is 2. The molecule has 0 saturated carbocycles. The van der Waals surface area contributed by atoms with Gasteiger partial charge in [0, 0.05) is 22.1 Å². The SMILES string of the molecule is CC1=NN2C(=N)/C(=C/c3cc(C)n(-c4ccc(C)c(Cl)c4)c3C)C(=O)N=C2S1. The second-order valence-corrected chi connectivity index (χ2v) is 8.30. The molecule has 2 aliphatic heterocycles. The van der Waals surface area contributed by atoms with E-state index in [4.69, 9.17) is 17.0 Å². The van der Waals surface area contributed by atoms with Crippen LogP contribution in [0.1, 0.15) is 29.4 Å². The van der Waals surface area contributed by atoms with E-state index in [0.29, 0.717) is 10.2 Å². The molecule has 0 saturated heterocycles. The summed E-state index contributed by atoms with van der Waals surface area (Å²) >= 11 is 7.59. The summed E-state index contributed by atoms with van der Waals surface area (Å²) < 4.78 is 2.08. The van der Waals surface area contributed by atoms with Gasteiger partial charge in [0.15, 0.2) is 5.84 Å². The van der Waals surface area contributed by atoms with Crippen LogP contribution in [0, 0.1) is 26.2 Å². The highest BCUT2D eigenvalue weighted by molar-refractivity contribution is 8.26. The van der Waals surface area contributed by atoms with E-state index in [0.717, 1.165) is 33.2 Å². The van der Waals surface area contributed by atoms with E-state index < -0.39 is 5.91 Å². The van der Waals surface area contributed by atoms with Crippen LogP contribution in [0.2, 0.25) is 5.02 Å². The maximum atomic E-state index is 12.5. The summed E-state index contributed by atoms with van der Waals surface area (Å²) in [6.07, 6.45) is 1.72. The predicted molar refractivity (Wildman–Crippen MR) is 116 cm³/mol. The number of carbonyl (C=O) groups excluding carboxylic acids is 1. The van der Waals surface area contributed by atoms with E-state index in [1.807, 2.05) is 52.0 Å². The van der Waals surface area contributed by atoms with Crippen molar-refractivity contribution in [2.75, 3.05) is 0 Å². The second kappa shape index (κ2) is 6.76. The number of thioether (sulfide) groups is 1. The van der Waals surface area contributed by atoms with Gasteiger partial charge in [-0.05, 0) is 74.9 Å². The van der Waals surface area contributed by atoms with Crippen molar-refractivity contribution in [2.45, 2.75) is 27.7 Å². The van der Waals surface area contributed by atoms with E-state index in [1.54, 1.807) is 6.08 Å². The molecular formula is C20H18ClN5OS. The Morgan fingerprint density at radius 2 is 1.93 bits per heavy atom. The van der Waals surface area contributed by atoms with Gasteiger partial charge in [0.25, 0.3) is 5.91 Å². The molecular weight excluding hydrogens is 394 g/mol. The molecule has 4 rings (SSSR count). The Bertz CT molecular complexity index is 1140. The third kappa shape index (κ3) is 3.00. The maximum Gasteiger partial charge on any atom is 0.283 e. The van der Waals surface area contributed by atoms with Gasteiger partial charge >= 0.3 is 0 Å². The molecule has 6 nitrogen and oxygen atoms in total. The van der Waals surface area contributed by atoms with Crippen LogP contribution < -0.4 is 0 Å². The minimum atomic E-state index is -0.420. The van der Waals surface area contributed by atoms with Crippen molar-refractivity contribution in [3.8, 4) is 5.69 Å². The molecule has 28 heavy (non-hydrogen) atoms. The van der Waals surface area contributed by atoms with Crippen LogP contribution in [0.3, 0.4) is 0 Å². The van der Waals surface area contributed by atoms with Crippen molar-refractivity contribution in [1.29, 1.82) is 5.41 Å². The van der Waals surface area contributed by atoms with Crippen LogP contribution in [0.25, 0.3) is 11.8 Å². The van der Waals surface area contributed by atoms with Crippen molar-refractivity contribution in [1.82, 2.24) is 9.58 Å². The summed E-state index contributed by atoms with van der Waals surface area (Å²) in [5, 5.41) is 16.0. The first kappa shape index (κ1) is 18.7. The third-order valence-corrected chi connectivity index (χ3v) is 5.97. The number of nitrogens with zero attached hydrogens (tertiary/aromatic N) is 4. The molecule has 0 atom stereocenters. The Labute approximate surface area is 172 Å². The number of aliphatic imine (C=N–C) groups is 1. The van der Waals surface area contributed by atoms with Gasteiger partial charge in [0.1, 0.15) is 0 Å². The van der Waals surface area contributed by atoms with Crippen molar-refractivity contribution >= 4 is 51.4 Å². The highest BCUT2D eigenvalue weighted by Gasteiger charge is 2.34. The first-order valence-corrected chi connectivity index (χ1v) is 9.88. The maximum absolute atomic E-state index is 12.5. The number of carbonyl (C=O) groups is 1. The molecule has 2 aromatic rings. The average Bonchev–Trinajstić information content (AvgIpc) is 3.13. The average molecular weight is 412 g/mol. The van der Waals surface area contributed by atoms with Gasteiger partial charge in [-0.1, -0.05) is 17.7 Å². The number of halogens is 1. The predicted octanol–water partition coefficient (Wildman–Crippen LogP) is 4.70. The highest BCUT2D eigenvalue weighted by Crippen LogP contribution is 2.30. The quantitative estimate of drug-likeness (QED) is 0.728. The standard InChI is InChI=1S/C20H18ClN5OS/c1-10-5-6-15(9-17(10)21)25-11(2)7-14(12(25)3)8-16-18(22)26-20(23-19(16)27)28-13(4)24-26/h5-9,22H,1-4H3/b16-8-,22-18?. The Kier molecular flexibility index (Phi) is 4.51. The number of nitrogens with one attached hydrogen (secondary N) is 1. The van der Waals surface area contributed by atoms with Gasteiger partial charge in [-0.2, -0.15) is 15.1 Å². The molecule has 0 radical (unpaired) electrons. The van der Waals surface area contributed by atoms with E-state index in [-0.39, 0.29) is 11.4 Å². The number of benzene rings is 1. The summed E-state index contributed by atoms with van der Waals surface area (Å²) in [4.78, 5) is 16.6. The smallest absolute Gasteiger partial charge is 0.283 e. The molecule has 1 N–H and O–H groups in total. The fourth-order valence-electron chi connectivity index (χ4n) is 3.30. The number of hydrogen-bond acceptors (Lipinski definition) is 4. The first-order valence-electron chi connectivity index (χ1n) is 8.68. The minimum Gasteiger partial charge on any atom is -0.318 e. The van der Waals surface area contributed by atoms with Crippen molar-refractivity contribution in [2.24, 2.45) is 10.1 Å².